The highest BCUT2D eigenvalue weighted by Crippen LogP contribution is 2.32. The molecule has 2 aliphatic rings. The molecule has 10 nitrogen and oxygen atoms in total. The van der Waals surface area contributed by atoms with E-state index >= 15 is 0 Å². The van der Waals surface area contributed by atoms with Gasteiger partial charge < -0.3 is 10.1 Å². The van der Waals surface area contributed by atoms with E-state index < -0.39 is 11.6 Å². The lowest BCUT2D eigenvalue weighted by atomic mass is 10.00. The van der Waals surface area contributed by atoms with Crippen molar-refractivity contribution in [3.05, 3.63) is 30.1 Å². The normalized spacial score (nSPS) is 20.0. The van der Waals surface area contributed by atoms with Gasteiger partial charge in [-0.25, -0.2) is 19.6 Å². The molecule has 1 unspecified atom stereocenters. The lowest BCUT2D eigenvalue weighted by Gasteiger charge is -2.37. The number of amides is 4. The van der Waals surface area contributed by atoms with E-state index in [9.17, 15) is 14.4 Å². The number of hydrogen-bond donors (Lipinski definition) is 2. The van der Waals surface area contributed by atoms with Crippen molar-refractivity contribution >= 4 is 34.8 Å². The van der Waals surface area contributed by atoms with Gasteiger partial charge >= 0.3 is 12.1 Å². The summed E-state index contributed by atoms with van der Waals surface area (Å²) in [4.78, 5) is 48.7. The van der Waals surface area contributed by atoms with E-state index in [1.54, 1.807) is 4.90 Å². The Balaban J connectivity index is 1.73. The number of benzene rings is 1. The molecule has 1 atom stereocenters. The minimum atomic E-state index is -0.598. The zero-order chi connectivity index (χ0) is 22.2. The molecule has 0 saturated carbocycles. The molecule has 31 heavy (non-hydrogen) atoms. The number of piperazine rings is 1. The molecule has 2 fully saturated rings. The van der Waals surface area contributed by atoms with E-state index in [1.165, 1.54) is 11.2 Å². The van der Waals surface area contributed by atoms with Crippen molar-refractivity contribution in [2.45, 2.75) is 38.8 Å². The second-order valence-corrected chi connectivity index (χ2v) is 8.59. The Kier molecular flexibility index (Phi) is 5.48. The second kappa shape index (κ2) is 8.10. The third-order valence-electron chi connectivity index (χ3n) is 5.22. The molecule has 1 aromatic carbocycles. The number of ether oxygens (including phenoxy) is 1. The number of para-hydroxylation sites is 1. The lowest BCUT2D eigenvalue weighted by Crippen LogP contribution is -2.50. The highest BCUT2D eigenvalue weighted by Gasteiger charge is 2.33. The van der Waals surface area contributed by atoms with Crippen molar-refractivity contribution < 1.29 is 19.1 Å². The van der Waals surface area contributed by atoms with Gasteiger partial charge in [-0.05, 0) is 26.8 Å². The molecule has 3 heterocycles. The van der Waals surface area contributed by atoms with E-state index in [-0.39, 0.29) is 31.0 Å². The minimum Gasteiger partial charge on any atom is -0.444 e. The van der Waals surface area contributed by atoms with Gasteiger partial charge in [0.2, 0.25) is 5.91 Å². The Morgan fingerprint density at radius 2 is 2.00 bits per heavy atom. The Hall–Kier alpha value is -3.27. The molecule has 10 heteroatoms. The summed E-state index contributed by atoms with van der Waals surface area (Å²) in [5, 5.41) is 6.33. The number of anilines is 1. The van der Waals surface area contributed by atoms with E-state index in [0.717, 1.165) is 5.56 Å². The first kappa shape index (κ1) is 21.0. The van der Waals surface area contributed by atoms with Crippen molar-refractivity contribution in [2.75, 3.05) is 31.1 Å². The van der Waals surface area contributed by atoms with Crippen LogP contribution in [0, 0.1) is 0 Å². The zero-order valence-corrected chi connectivity index (χ0v) is 17.8. The fourth-order valence-corrected chi connectivity index (χ4v) is 3.87. The summed E-state index contributed by atoms with van der Waals surface area (Å²) in [5.74, 6) is 0.131. The summed E-state index contributed by atoms with van der Waals surface area (Å²) in [5.41, 5.74) is 0.895. The molecule has 0 radical (unpaired) electrons. The third kappa shape index (κ3) is 4.29. The number of nitrogens with zero attached hydrogens (tertiary/aromatic N) is 4. The van der Waals surface area contributed by atoms with Crippen LogP contribution < -0.4 is 15.5 Å². The first-order valence-corrected chi connectivity index (χ1v) is 10.3. The topological polar surface area (TPSA) is 117 Å². The molecule has 164 valence electrons. The van der Waals surface area contributed by atoms with Gasteiger partial charge in [0.25, 0.3) is 0 Å². The molecule has 0 spiro atoms. The zero-order valence-electron chi connectivity index (χ0n) is 17.8. The van der Waals surface area contributed by atoms with E-state index in [0.29, 0.717) is 36.4 Å². The quantitative estimate of drug-likeness (QED) is 0.754. The summed E-state index contributed by atoms with van der Waals surface area (Å²) >= 11 is 0. The smallest absolute Gasteiger partial charge is 0.410 e. The summed E-state index contributed by atoms with van der Waals surface area (Å²) in [6.07, 6.45) is 1.23. The molecule has 0 bridgehead atoms. The average Bonchev–Trinajstić information content (AvgIpc) is 2.72. The van der Waals surface area contributed by atoms with Crippen molar-refractivity contribution in [3.63, 3.8) is 0 Å². The molecule has 0 aliphatic carbocycles. The number of rotatable bonds is 2. The van der Waals surface area contributed by atoms with Gasteiger partial charge in [0, 0.05) is 43.5 Å². The monoisotopic (exact) mass is 426 g/mol. The predicted octanol–water partition coefficient (Wildman–Crippen LogP) is 1.96. The maximum atomic E-state index is 12.9. The van der Waals surface area contributed by atoms with Crippen molar-refractivity contribution in [3.8, 4) is 0 Å². The van der Waals surface area contributed by atoms with Gasteiger partial charge in [0.1, 0.15) is 17.7 Å². The van der Waals surface area contributed by atoms with Gasteiger partial charge in [0.15, 0.2) is 0 Å². The summed E-state index contributed by atoms with van der Waals surface area (Å²) in [7, 11) is 0. The first-order chi connectivity index (χ1) is 14.7. The summed E-state index contributed by atoms with van der Waals surface area (Å²) in [6.45, 7) is 7.50. The molecule has 1 aromatic heterocycles. The molecular weight excluding hydrogens is 400 g/mol. The lowest BCUT2D eigenvalue weighted by molar-refractivity contribution is -0.120. The first-order valence-electron chi connectivity index (χ1n) is 10.3. The van der Waals surface area contributed by atoms with Crippen LogP contribution in [0.1, 0.15) is 38.8 Å². The van der Waals surface area contributed by atoms with Crippen LogP contribution >= 0.6 is 0 Å². The number of carbonyl (C=O) groups is 3. The SMILES string of the molecule is CC(C)(C)OC(=O)N1CCNCC1c1cccc2c(N3CCC(=O)NC3=O)ncnc12. The van der Waals surface area contributed by atoms with Gasteiger partial charge in [-0.3, -0.25) is 19.9 Å². The van der Waals surface area contributed by atoms with Crippen LogP contribution in [0.25, 0.3) is 10.9 Å². The highest BCUT2D eigenvalue weighted by atomic mass is 16.6. The van der Waals surface area contributed by atoms with Gasteiger partial charge in [-0.15, -0.1) is 0 Å². The second-order valence-electron chi connectivity index (χ2n) is 8.59. The highest BCUT2D eigenvalue weighted by molar-refractivity contribution is 6.08. The third-order valence-corrected chi connectivity index (χ3v) is 5.22. The van der Waals surface area contributed by atoms with E-state index in [2.05, 4.69) is 20.6 Å². The Labute approximate surface area is 180 Å². The maximum Gasteiger partial charge on any atom is 0.410 e. The Morgan fingerprint density at radius 1 is 1.19 bits per heavy atom. The van der Waals surface area contributed by atoms with Crippen LogP contribution in [-0.2, 0) is 9.53 Å². The van der Waals surface area contributed by atoms with Gasteiger partial charge in [0.05, 0.1) is 11.6 Å². The standard InChI is InChI=1S/C21H26N6O4/c1-21(2,3)31-20(30)26-10-8-22-11-15(26)13-5-4-6-14-17(13)23-12-24-18(14)27-9-7-16(28)25-19(27)29/h4-6,12,15,22H,7-11H2,1-3H3,(H,25,28,29). The molecule has 2 aromatic rings. The number of imide groups is 1. The molecule has 2 aliphatic heterocycles. The summed E-state index contributed by atoms with van der Waals surface area (Å²) < 4.78 is 5.62. The Morgan fingerprint density at radius 3 is 2.74 bits per heavy atom. The molecule has 2 N–H and O–H groups in total. The molecule has 4 amide bonds. The Bertz CT molecular complexity index is 1030. The largest absolute Gasteiger partial charge is 0.444 e. The number of carbonyl (C=O) groups excluding carboxylic acids is 3. The van der Waals surface area contributed by atoms with Crippen LogP contribution in [0.15, 0.2) is 24.5 Å². The van der Waals surface area contributed by atoms with Crippen LogP contribution in [-0.4, -0.2) is 64.7 Å². The summed E-state index contributed by atoms with van der Waals surface area (Å²) in [6, 6.07) is 4.84. The van der Waals surface area contributed by atoms with E-state index in [1.807, 2.05) is 39.0 Å². The number of fused-ring (bicyclic) bond motifs is 1. The van der Waals surface area contributed by atoms with Crippen LogP contribution in [0.2, 0.25) is 0 Å². The van der Waals surface area contributed by atoms with Crippen molar-refractivity contribution in [1.82, 2.24) is 25.5 Å². The number of aromatic nitrogens is 2. The van der Waals surface area contributed by atoms with Crippen molar-refractivity contribution in [2.24, 2.45) is 0 Å². The van der Waals surface area contributed by atoms with Crippen LogP contribution in [0.5, 0.6) is 0 Å². The van der Waals surface area contributed by atoms with Crippen LogP contribution in [0.3, 0.4) is 0 Å². The molecule has 4 rings (SSSR count). The predicted molar refractivity (Wildman–Crippen MR) is 114 cm³/mol. The van der Waals surface area contributed by atoms with Gasteiger partial charge in [-0.2, -0.15) is 0 Å². The fourth-order valence-electron chi connectivity index (χ4n) is 3.87. The maximum absolute atomic E-state index is 12.9. The number of hydrogen-bond acceptors (Lipinski definition) is 7. The molecule has 2 saturated heterocycles. The molecular formula is C21H26N6O4. The van der Waals surface area contributed by atoms with Crippen molar-refractivity contribution in [1.29, 1.82) is 0 Å². The fraction of sp³-hybridized carbons (Fsp3) is 0.476. The minimum absolute atomic E-state index is 0.204. The number of urea groups is 1. The van der Waals surface area contributed by atoms with E-state index in [4.69, 9.17) is 4.74 Å². The average molecular weight is 426 g/mol. The van der Waals surface area contributed by atoms with Gasteiger partial charge in [-0.1, -0.05) is 12.1 Å². The number of nitrogens with one attached hydrogen (secondary N) is 2. The van der Waals surface area contributed by atoms with Crippen LogP contribution in [0.4, 0.5) is 15.4 Å².